The summed E-state index contributed by atoms with van der Waals surface area (Å²) in [4.78, 5) is 42.1. The molecular formula is C28H20ClNO4. The predicted octanol–water partition coefficient (Wildman–Crippen LogP) is 5.17. The maximum absolute atomic E-state index is 13.9. The summed E-state index contributed by atoms with van der Waals surface area (Å²) in [6.45, 7) is 1.93. The van der Waals surface area contributed by atoms with Crippen molar-refractivity contribution in [3.8, 4) is 5.75 Å². The van der Waals surface area contributed by atoms with Crippen molar-refractivity contribution in [2.75, 3.05) is 4.90 Å². The van der Waals surface area contributed by atoms with Gasteiger partial charge < -0.3 is 4.74 Å². The van der Waals surface area contributed by atoms with Crippen LogP contribution in [0.3, 0.4) is 0 Å². The third-order valence-corrected chi connectivity index (χ3v) is 7.35. The Bertz CT molecular complexity index is 1400. The zero-order chi connectivity index (χ0) is 23.6. The van der Waals surface area contributed by atoms with Crippen molar-refractivity contribution < 1.29 is 19.1 Å². The number of nitrogens with zero attached hydrogens (tertiary/aromatic N) is 1. The van der Waals surface area contributed by atoms with Crippen molar-refractivity contribution in [1.82, 2.24) is 0 Å². The van der Waals surface area contributed by atoms with Crippen LogP contribution in [0.25, 0.3) is 5.57 Å². The molecule has 4 atom stereocenters. The average Bonchev–Trinajstić information content (AvgIpc) is 3.09. The van der Waals surface area contributed by atoms with Gasteiger partial charge in [-0.1, -0.05) is 72.3 Å². The molecule has 1 fully saturated rings. The highest BCUT2D eigenvalue weighted by molar-refractivity contribution is 6.36. The number of allylic oxidation sites excluding steroid dienone is 1. The molecule has 2 heterocycles. The van der Waals surface area contributed by atoms with Crippen LogP contribution in [0.4, 0.5) is 5.69 Å². The van der Waals surface area contributed by atoms with Crippen molar-refractivity contribution in [2.45, 2.75) is 12.8 Å². The number of carbonyl (C=O) groups is 3. The fourth-order valence-electron chi connectivity index (χ4n) is 5.54. The molecule has 0 unspecified atom stereocenters. The number of hydrogen-bond acceptors (Lipinski definition) is 4. The van der Waals surface area contributed by atoms with Crippen LogP contribution in [0, 0.1) is 24.7 Å². The van der Waals surface area contributed by atoms with E-state index in [1.54, 1.807) is 24.3 Å². The van der Waals surface area contributed by atoms with Gasteiger partial charge in [-0.2, -0.15) is 0 Å². The van der Waals surface area contributed by atoms with Gasteiger partial charge in [0.1, 0.15) is 5.75 Å². The van der Waals surface area contributed by atoms with Gasteiger partial charge in [-0.05, 0) is 41.8 Å². The highest BCUT2D eigenvalue weighted by atomic mass is 35.5. The molecule has 2 amide bonds. The molecule has 1 aliphatic carbocycles. The second kappa shape index (κ2) is 7.67. The van der Waals surface area contributed by atoms with E-state index in [0.29, 0.717) is 16.5 Å². The summed E-state index contributed by atoms with van der Waals surface area (Å²) in [5.41, 5.74) is 3.74. The number of imide groups is 1. The molecule has 1 saturated heterocycles. The van der Waals surface area contributed by atoms with E-state index in [-0.39, 0.29) is 11.8 Å². The number of esters is 1. The predicted molar refractivity (Wildman–Crippen MR) is 128 cm³/mol. The number of benzene rings is 3. The summed E-state index contributed by atoms with van der Waals surface area (Å²) in [6.07, 6.45) is 1.98. The molecule has 6 rings (SSSR count). The first-order valence-electron chi connectivity index (χ1n) is 11.2. The third-order valence-electron chi connectivity index (χ3n) is 7.03. The number of ether oxygens (including phenoxy) is 1. The Kier molecular flexibility index (Phi) is 4.71. The Hall–Kier alpha value is -3.70. The Morgan fingerprint density at radius 2 is 1.56 bits per heavy atom. The van der Waals surface area contributed by atoms with E-state index in [0.717, 1.165) is 27.2 Å². The lowest BCUT2D eigenvalue weighted by Gasteiger charge is -2.38. The van der Waals surface area contributed by atoms with Crippen LogP contribution in [-0.4, -0.2) is 17.8 Å². The van der Waals surface area contributed by atoms with Crippen molar-refractivity contribution in [2.24, 2.45) is 17.8 Å². The van der Waals surface area contributed by atoms with E-state index < -0.39 is 29.6 Å². The van der Waals surface area contributed by atoms with Gasteiger partial charge in [-0.15, -0.1) is 0 Å². The number of aryl methyl sites for hydroxylation is 1. The molecule has 0 aromatic heterocycles. The summed E-state index contributed by atoms with van der Waals surface area (Å²) in [5.74, 6) is -3.65. The fraction of sp³-hybridized carbons (Fsp3) is 0.179. The van der Waals surface area contributed by atoms with Gasteiger partial charge in [-0.25, -0.2) is 4.90 Å². The van der Waals surface area contributed by atoms with Gasteiger partial charge in [0.25, 0.3) is 0 Å². The first-order valence-corrected chi connectivity index (χ1v) is 11.5. The van der Waals surface area contributed by atoms with Crippen LogP contribution in [-0.2, 0) is 14.4 Å². The first-order chi connectivity index (χ1) is 16.5. The topological polar surface area (TPSA) is 63.7 Å². The zero-order valence-corrected chi connectivity index (χ0v) is 19.0. The standard InChI is InChI=1S/C28H20ClNO4/c1-15-11-12-17-19-14-18(16-7-3-2-4-8-16)23-25(24(19)28(33)34-22(17)13-15)27(32)30(26(23)31)21-10-6-5-9-20(21)29/h2-14,18,23-25H,1H3/t18-,23-,24-,25+/m1/s1. The monoisotopic (exact) mass is 469 g/mol. The number of para-hydroxylation sites is 1. The van der Waals surface area contributed by atoms with Crippen LogP contribution >= 0.6 is 11.6 Å². The molecule has 5 nitrogen and oxygen atoms in total. The smallest absolute Gasteiger partial charge is 0.319 e. The first kappa shape index (κ1) is 20.9. The minimum absolute atomic E-state index is 0.305. The summed E-state index contributed by atoms with van der Waals surface area (Å²) in [6, 6.07) is 22.1. The second-order valence-corrected chi connectivity index (χ2v) is 9.38. The molecule has 3 aromatic carbocycles. The number of fused-ring (bicyclic) bond motifs is 5. The van der Waals surface area contributed by atoms with Gasteiger partial charge in [0, 0.05) is 11.5 Å². The highest BCUT2D eigenvalue weighted by Gasteiger charge is 2.60. The molecule has 3 aromatic rings. The lowest BCUT2D eigenvalue weighted by Crippen LogP contribution is -2.42. The molecule has 34 heavy (non-hydrogen) atoms. The molecule has 0 bridgehead atoms. The molecule has 3 aliphatic rings. The van der Waals surface area contributed by atoms with E-state index in [2.05, 4.69) is 0 Å². The van der Waals surface area contributed by atoms with E-state index >= 15 is 0 Å². The SMILES string of the molecule is Cc1ccc2c(c1)OC(=O)[C@@H]1C2=C[C@H](c2ccccc2)[C@H]2C(=O)N(c3ccccc3Cl)C(=O)[C@H]12. The van der Waals surface area contributed by atoms with Gasteiger partial charge in [0.15, 0.2) is 0 Å². The highest BCUT2D eigenvalue weighted by Crippen LogP contribution is 2.55. The Morgan fingerprint density at radius 1 is 0.853 bits per heavy atom. The Labute approximate surface area is 201 Å². The van der Waals surface area contributed by atoms with Gasteiger partial charge >= 0.3 is 5.97 Å². The third kappa shape index (κ3) is 2.97. The quantitative estimate of drug-likeness (QED) is 0.295. The van der Waals surface area contributed by atoms with Crippen molar-refractivity contribution in [3.63, 3.8) is 0 Å². The number of amides is 2. The number of anilines is 1. The normalized spacial score (nSPS) is 25.3. The van der Waals surface area contributed by atoms with E-state index in [9.17, 15) is 14.4 Å². The lowest BCUT2D eigenvalue weighted by atomic mass is 9.64. The summed E-state index contributed by atoms with van der Waals surface area (Å²) in [5, 5.41) is 0.305. The zero-order valence-electron chi connectivity index (χ0n) is 18.3. The van der Waals surface area contributed by atoms with E-state index in [1.807, 2.05) is 61.5 Å². The van der Waals surface area contributed by atoms with Crippen LogP contribution in [0.1, 0.15) is 22.6 Å². The number of rotatable bonds is 2. The molecule has 6 heteroatoms. The van der Waals surface area contributed by atoms with Crippen molar-refractivity contribution in [1.29, 1.82) is 0 Å². The summed E-state index contributed by atoms with van der Waals surface area (Å²) < 4.78 is 5.69. The van der Waals surface area contributed by atoms with Crippen molar-refractivity contribution in [3.05, 3.63) is 101 Å². The van der Waals surface area contributed by atoms with E-state index in [1.165, 1.54) is 0 Å². The Balaban J connectivity index is 1.57. The summed E-state index contributed by atoms with van der Waals surface area (Å²) >= 11 is 6.38. The molecule has 168 valence electrons. The summed E-state index contributed by atoms with van der Waals surface area (Å²) in [7, 11) is 0. The van der Waals surface area contributed by atoms with Gasteiger partial charge in [-0.3, -0.25) is 14.4 Å². The molecule has 0 spiro atoms. The number of hydrogen-bond donors (Lipinski definition) is 0. The molecule has 0 radical (unpaired) electrons. The maximum Gasteiger partial charge on any atom is 0.319 e. The second-order valence-electron chi connectivity index (χ2n) is 8.97. The average molecular weight is 470 g/mol. The van der Waals surface area contributed by atoms with Crippen LogP contribution < -0.4 is 9.64 Å². The minimum Gasteiger partial charge on any atom is -0.425 e. The van der Waals surface area contributed by atoms with Crippen molar-refractivity contribution >= 4 is 40.6 Å². The molecule has 0 saturated carbocycles. The fourth-order valence-corrected chi connectivity index (χ4v) is 5.76. The maximum atomic E-state index is 13.9. The minimum atomic E-state index is -0.879. The largest absolute Gasteiger partial charge is 0.425 e. The van der Waals surface area contributed by atoms with Gasteiger partial charge in [0.05, 0.1) is 28.5 Å². The molecule has 2 aliphatic heterocycles. The van der Waals surface area contributed by atoms with E-state index in [4.69, 9.17) is 16.3 Å². The molecular weight excluding hydrogens is 450 g/mol. The number of halogens is 1. The van der Waals surface area contributed by atoms with Crippen LogP contribution in [0.2, 0.25) is 5.02 Å². The Morgan fingerprint density at radius 3 is 2.32 bits per heavy atom. The number of carbonyl (C=O) groups excluding carboxylic acids is 3. The van der Waals surface area contributed by atoms with Crippen LogP contribution in [0.15, 0.2) is 78.9 Å². The van der Waals surface area contributed by atoms with Crippen LogP contribution in [0.5, 0.6) is 5.75 Å². The molecule has 0 N–H and O–H groups in total. The lowest BCUT2D eigenvalue weighted by molar-refractivity contribution is -0.142. The van der Waals surface area contributed by atoms with Gasteiger partial charge in [0.2, 0.25) is 11.8 Å².